The van der Waals surface area contributed by atoms with Crippen molar-refractivity contribution in [2.45, 2.75) is 37.3 Å². The number of carbonyl (C=O) groups excluding carboxylic acids is 1. The fraction of sp³-hybridized carbons (Fsp3) is 0.368. The summed E-state index contributed by atoms with van der Waals surface area (Å²) in [4.78, 5) is 16.1. The van der Waals surface area contributed by atoms with Gasteiger partial charge < -0.3 is 10.1 Å². The summed E-state index contributed by atoms with van der Waals surface area (Å²) in [5.41, 5.74) is -3.78. The lowest BCUT2D eigenvalue weighted by Gasteiger charge is -2.24. The highest BCUT2D eigenvalue weighted by Crippen LogP contribution is 2.37. The van der Waals surface area contributed by atoms with Gasteiger partial charge in [0, 0.05) is 12.8 Å². The van der Waals surface area contributed by atoms with Crippen LogP contribution in [0.5, 0.6) is 0 Å². The van der Waals surface area contributed by atoms with Gasteiger partial charge in [-0.05, 0) is 42.7 Å². The second-order valence-electron chi connectivity index (χ2n) is 6.61. The predicted octanol–water partition coefficient (Wildman–Crippen LogP) is 4.64. The van der Waals surface area contributed by atoms with Crippen LogP contribution in [0.2, 0.25) is 0 Å². The van der Waals surface area contributed by atoms with E-state index < -0.39 is 53.0 Å². The van der Waals surface area contributed by atoms with Crippen LogP contribution in [-0.4, -0.2) is 23.6 Å². The number of pyridine rings is 1. The second kappa shape index (κ2) is 8.21. The molecule has 162 valence electrons. The first kappa shape index (κ1) is 22.0. The van der Waals surface area contributed by atoms with Crippen LogP contribution in [-0.2, 0) is 21.9 Å². The molecule has 3 rings (SSSR count). The highest BCUT2D eigenvalue weighted by Gasteiger charge is 2.39. The Labute approximate surface area is 166 Å². The summed E-state index contributed by atoms with van der Waals surface area (Å²) in [5, 5.41) is 2.32. The highest BCUT2D eigenvalue weighted by molar-refractivity contribution is 5.81. The van der Waals surface area contributed by atoms with Gasteiger partial charge in [0.25, 0.3) is 0 Å². The molecule has 1 amide bonds. The van der Waals surface area contributed by atoms with Gasteiger partial charge in [-0.1, -0.05) is 6.07 Å². The molecule has 30 heavy (non-hydrogen) atoms. The van der Waals surface area contributed by atoms with Crippen molar-refractivity contribution < 1.29 is 40.3 Å². The molecule has 0 saturated carbocycles. The standard InChI is InChI=1S/C19H15F7N2O2/c20-13-9-10(5-6-11(13)18(21,22)23)15(28-17(29)14-4-2-8-30-14)16-12(19(24,25)26)3-1-7-27-16/h1,3,5-7,9,14-15H,2,4,8H2,(H,28,29). The third-order valence-corrected chi connectivity index (χ3v) is 4.56. The Morgan fingerprint density at radius 1 is 1.10 bits per heavy atom. The second-order valence-corrected chi connectivity index (χ2v) is 6.61. The van der Waals surface area contributed by atoms with Crippen molar-refractivity contribution in [2.24, 2.45) is 0 Å². The average molecular weight is 436 g/mol. The summed E-state index contributed by atoms with van der Waals surface area (Å²) in [6.45, 7) is 0.287. The van der Waals surface area contributed by atoms with Gasteiger partial charge in [-0.15, -0.1) is 0 Å². The summed E-state index contributed by atoms with van der Waals surface area (Å²) >= 11 is 0. The van der Waals surface area contributed by atoms with E-state index in [0.717, 1.165) is 18.3 Å². The van der Waals surface area contributed by atoms with Gasteiger partial charge in [0.05, 0.1) is 22.9 Å². The minimum Gasteiger partial charge on any atom is -0.368 e. The van der Waals surface area contributed by atoms with E-state index in [-0.39, 0.29) is 12.2 Å². The minimum absolute atomic E-state index is 0.287. The van der Waals surface area contributed by atoms with Crippen molar-refractivity contribution in [3.63, 3.8) is 0 Å². The molecule has 1 aliphatic rings. The van der Waals surface area contributed by atoms with Gasteiger partial charge in [0.15, 0.2) is 0 Å². The van der Waals surface area contributed by atoms with E-state index in [4.69, 9.17) is 4.74 Å². The molecule has 1 saturated heterocycles. The zero-order valence-electron chi connectivity index (χ0n) is 15.1. The van der Waals surface area contributed by atoms with Gasteiger partial charge in [-0.3, -0.25) is 9.78 Å². The average Bonchev–Trinajstić information content (AvgIpc) is 3.19. The minimum atomic E-state index is -4.98. The first-order valence-corrected chi connectivity index (χ1v) is 8.79. The van der Waals surface area contributed by atoms with Crippen LogP contribution in [0.15, 0.2) is 36.5 Å². The van der Waals surface area contributed by atoms with Gasteiger partial charge in [-0.25, -0.2) is 4.39 Å². The summed E-state index contributed by atoms with van der Waals surface area (Å²) in [7, 11) is 0. The summed E-state index contributed by atoms with van der Waals surface area (Å²) in [6, 6.07) is 1.76. The fourth-order valence-electron chi connectivity index (χ4n) is 3.16. The van der Waals surface area contributed by atoms with Crippen LogP contribution >= 0.6 is 0 Å². The van der Waals surface area contributed by atoms with Crippen molar-refractivity contribution in [3.05, 3.63) is 64.7 Å². The summed E-state index contributed by atoms with van der Waals surface area (Å²) in [5.74, 6) is -2.45. The molecule has 1 N–H and O–H groups in total. The molecule has 2 atom stereocenters. The number of ether oxygens (including phenoxy) is 1. The number of hydrogen-bond acceptors (Lipinski definition) is 3. The molecule has 1 aliphatic heterocycles. The smallest absolute Gasteiger partial charge is 0.368 e. The molecular weight excluding hydrogens is 421 g/mol. The molecule has 4 nitrogen and oxygen atoms in total. The largest absolute Gasteiger partial charge is 0.419 e. The number of aromatic nitrogens is 1. The van der Waals surface area contributed by atoms with E-state index in [0.29, 0.717) is 31.0 Å². The van der Waals surface area contributed by atoms with Crippen molar-refractivity contribution >= 4 is 5.91 Å². The maximum Gasteiger partial charge on any atom is 0.419 e. The number of hydrogen-bond donors (Lipinski definition) is 1. The maximum atomic E-state index is 14.1. The van der Waals surface area contributed by atoms with Crippen LogP contribution in [0.25, 0.3) is 0 Å². The number of amides is 1. The van der Waals surface area contributed by atoms with Crippen LogP contribution < -0.4 is 5.32 Å². The van der Waals surface area contributed by atoms with E-state index in [1.165, 1.54) is 0 Å². The normalized spacial score (nSPS) is 18.3. The fourth-order valence-corrected chi connectivity index (χ4v) is 3.16. The molecule has 0 aliphatic carbocycles. The molecule has 0 spiro atoms. The molecule has 1 aromatic heterocycles. The Bertz CT molecular complexity index is 922. The molecule has 11 heteroatoms. The molecule has 2 heterocycles. The van der Waals surface area contributed by atoms with E-state index in [1.807, 2.05) is 0 Å². The highest BCUT2D eigenvalue weighted by atomic mass is 19.4. The predicted molar refractivity (Wildman–Crippen MR) is 89.6 cm³/mol. The van der Waals surface area contributed by atoms with Gasteiger partial charge in [0.1, 0.15) is 11.9 Å². The zero-order valence-corrected chi connectivity index (χ0v) is 15.1. The van der Waals surface area contributed by atoms with E-state index in [1.54, 1.807) is 0 Å². The van der Waals surface area contributed by atoms with E-state index >= 15 is 0 Å². The van der Waals surface area contributed by atoms with Crippen molar-refractivity contribution in [3.8, 4) is 0 Å². The quantitative estimate of drug-likeness (QED) is 0.711. The van der Waals surface area contributed by atoms with Crippen molar-refractivity contribution in [2.75, 3.05) is 6.61 Å². The van der Waals surface area contributed by atoms with Gasteiger partial charge in [0.2, 0.25) is 5.91 Å². The molecule has 2 unspecified atom stereocenters. The van der Waals surface area contributed by atoms with E-state index in [2.05, 4.69) is 10.3 Å². The molecule has 0 radical (unpaired) electrons. The Morgan fingerprint density at radius 2 is 1.80 bits per heavy atom. The van der Waals surface area contributed by atoms with Crippen LogP contribution in [0.1, 0.15) is 41.3 Å². The maximum absolute atomic E-state index is 14.1. The topological polar surface area (TPSA) is 51.2 Å². The summed E-state index contributed by atoms with van der Waals surface area (Å²) < 4.78 is 98.2. The zero-order chi connectivity index (χ0) is 22.1. The van der Waals surface area contributed by atoms with Crippen molar-refractivity contribution in [1.29, 1.82) is 0 Å². The molecular formula is C19H15F7N2O2. The lowest BCUT2D eigenvalue weighted by molar-refractivity contribution is -0.140. The van der Waals surface area contributed by atoms with Crippen LogP contribution in [0.3, 0.4) is 0 Å². The molecule has 1 aromatic carbocycles. The number of benzene rings is 1. The van der Waals surface area contributed by atoms with Crippen LogP contribution in [0, 0.1) is 5.82 Å². The molecule has 0 bridgehead atoms. The summed E-state index contributed by atoms with van der Waals surface area (Å²) in [6.07, 6.45) is -8.84. The Morgan fingerprint density at radius 3 is 2.37 bits per heavy atom. The number of nitrogens with zero attached hydrogens (tertiary/aromatic N) is 1. The van der Waals surface area contributed by atoms with E-state index in [9.17, 15) is 35.5 Å². The third-order valence-electron chi connectivity index (χ3n) is 4.56. The first-order valence-electron chi connectivity index (χ1n) is 8.79. The lowest BCUT2D eigenvalue weighted by atomic mass is 9.97. The lowest BCUT2D eigenvalue weighted by Crippen LogP contribution is -2.38. The number of alkyl halides is 6. The molecule has 1 fully saturated rings. The number of rotatable bonds is 4. The number of carbonyl (C=O) groups is 1. The monoisotopic (exact) mass is 436 g/mol. The first-order chi connectivity index (χ1) is 14.0. The van der Waals surface area contributed by atoms with Gasteiger partial charge >= 0.3 is 12.4 Å². The molecule has 2 aromatic rings. The Hall–Kier alpha value is -2.69. The Kier molecular flexibility index (Phi) is 6.02. The Balaban J connectivity index is 2.07. The van der Waals surface area contributed by atoms with Crippen molar-refractivity contribution in [1.82, 2.24) is 10.3 Å². The van der Waals surface area contributed by atoms with Gasteiger partial charge in [-0.2, -0.15) is 26.3 Å². The number of nitrogens with one attached hydrogen (secondary N) is 1. The third kappa shape index (κ3) is 4.72. The SMILES string of the molecule is O=C(NC(c1ccc(C(F)(F)F)c(F)c1)c1ncccc1C(F)(F)F)C1CCCO1. The number of halogens is 7. The van der Waals surface area contributed by atoms with Crippen LogP contribution in [0.4, 0.5) is 30.7 Å².